The first-order chi connectivity index (χ1) is 15.6. The summed E-state index contributed by atoms with van der Waals surface area (Å²) in [4.78, 5) is 9.30. The van der Waals surface area contributed by atoms with Gasteiger partial charge in [0.05, 0.1) is 17.3 Å². The van der Waals surface area contributed by atoms with E-state index < -0.39 is 0 Å². The SMILES string of the molecule is CCCSc1nc(NNC(=S)Nc2ccccc2Cl)c2nnn(Cc3ccccc3)c2n1. The Balaban J connectivity index is 1.56. The van der Waals surface area contributed by atoms with Crippen LogP contribution in [0.15, 0.2) is 59.8 Å². The lowest BCUT2D eigenvalue weighted by molar-refractivity contribution is 0.661. The molecule has 164 valence electrons. The van der Waals surface area contributed by atoms with E-state index in [1.54, 1.807) is 22.5 Å². The van der Waals surface area contributed by atoms with Crippen LogP contribution in [0.3, 0.4) is 0 Å². The van der Waals surface area contributed by atoms with E-state index in [0.717, 1.165) is 17.7 Å². The first-order valence-electron chi connectivity index (χ1n) is 9.99. The van der Waals surface area contributed by atoms with Crippen molar-refractivity contribution in [2.45, 2.75) is 25.0 Å². The van der Waals surface area contributed by atoms with Crippen molar-refractivity contribution >= 4 is 63.4 Å². The molecule has 2 aromatic heterocycles. The van der Waals surface area contributed by atoms with Crippen LogP contribution >= 0.6 is 35.6 Å². The maximum atomic E-state index is 6.19. The molecule has 0 saturated carbocycles. The summed E-state index contributed by atoms with van der Waals surface area (Å²) in [5.41, 5.74) is 9.00. The molecule has 0 amide bonds. The standard InChI is InChI=1S/C21H21ClN8S2/c1-2-12-32-21-24-18(27-28-20(31)23-16-11-7-6-10-15(16)22)17-19(25-21)30(29-26-17)13-14-8-4-3-5-9-14/h3-11H,2,12-13H2,1H3,(H2,23,28,31)(H,24,25,27). The van der Waals surface area contributed by atoms with Gasteiger partial charge < -0.3 is 5.32 Å². The molecule has 0 atom stereocenters. The Morgan fingerprint density at radius 1 is 1.09 bits per heavy atom. The van der Waals surface area contributed by atoms with Gasteiger partial charge in [0.15, 0.2) is 27.3 Å². The third-order valence-electron chi connectivity index (χ3n) is 4.37. The molecule has 11 heteroatoms. The maximum Gasteiger partial charge on any atom is 0.191 e. The topological polar surface area (TPSA) is 92.6 Å². The fraction of sp³-hybridized carbons (Fsp3) is 0.190. The predicted molar refractivity (Wildman–Crippen MR) is 134 cm³/mol. The van der Waals surface area contributed by atoms with Gasteiger partial charge in [0.25, 0.3) is 0 Å². The number of hydrogen-bond donors (Lipinski definition) is 3. The highest BCUT2D eigenvalue weighted by Crippen LogP contribution is 2.24. The fourth-order valence-corrected chi connectivity index (χ4v) is 3.91. The summed E-state index contributed by atoms with van der Waals surface area (Å²) in [6.45, 7) is 2.68. The molecule has 0 unspecified atom stereocenters. The molecule has 2 aromatic carbocycles. The van der Waals surface area contributed by atoms with Crippen LogP contribution in [0.25, 0.3) is 11.2 Å². The van der Waals surface area contributed by atoms with E-state index in [9.17, 15) is 0 Å². The molecular weight excluding hydrogens is 464 g/mol. The number of nitrogens with one attached hydrogen (secondary N) is 3. The van der Waals surface area contributed by atoms with Gasteiger partial charge in [0.1, 0.15) is 0 Å². The van der Waals surface area contributed by atoms with E-state index in [1.807, 2.05) is 48.5 Å². The molecule has 0 spiro atoms. The van der Waals surface area contributed by atoms with Gasteiger partial charge in [-0.1, -0.05) is 78.0 Å². The Labute approximate surface area is 200 Å². The molecular formula is C21H21ClN8S2. The van der Waals surface area contributed by atoms with Crippen LogP contribution < -0.4 is 16.2 Å². The minimum Gasteiger partial charge on any atom is -0.330 e. The number of anilines is 2. The van der Waals surface area contributed by atoms with Crippen LogP contribution in [-0.4, -0.2) is 35.8 Å². The Morgan fingerprint density at radius 2 is 1.88 bits per heavy atom. The van der Waals surface area contributed by atoms with Crippen molar-refractivity contribution in [3.8, 4) is 0 Å². The van der Waals surface area contributed by atoms with Gasteiger partial charge >= 0.3 is 0 Å². The summed E-state index contributed by atoms with van der Waals surface area (Å²) >= 11 is 13.1. The van der Waals surface area contributed by atoms with Gasteiger partial charge in [-0.25, -0.2) is 14.6 Å². The molecule has 4 rings (SSSR count). The highest BCUT2D eigenvalue weighted by Gasteiger charge is 2.16. The van der Waals surface area contributed by atoms with E-state index in [-0.39, 0.29) is 0 Å². The zero-order valence-corrected chi connectivity index (χ0v) is 19.6. The van der Waals surface area contributed by atoms with Crippen molar-refractivity contribution in [1.82, 2.24) is 30.4 Å². The van der Waals surface area contributed by atoms with Crippen LogP contribution in [0.5, 0.6) is 0 Å². The first-order valence-corrected chi connectivity index (χ1v) is 11.8. The van der Waals surface area contributed by atoms with Crippen molar-refractivity contribution < 1.29 is 0 Å². The minimum atomic E-state index is 0.337. The van der Waals surface area contributed by atoms with Crippen molar-refractivity contribution in [3.05, 3.63) is 65.2 Å². The van der Waals surface area contributed by atoms with E-state index in [0.29, 0.717) is 44.5 Å². The van der Waals surface area contributed by atoms with E-state index >= 15 is 0 Å². The molecule has 0 aliphatic carbocycles. The lowest BCUT2D eigenvalue weighted by atomic mass is 10.2. The number of thiocarbonyl (C=S) groups is 1. The number of para-hydroxylation sites is 1. The second kappa shape index (κ2) is 10.6. The molecule has 2 heterocycles. The van der Waals surface area contributed by atoms with Crippen LogP contribution in [0.1, 0.15) is 18.9 Å². The van der Waals surface area contributed by atoms with Gasteiger partial charge in [0.2, 0.25) is 0 Å². The highest BCUT2D eigenvalue weighted by atomic mass is 35.5. The Kier molecular flexibility index (Phi) is 7.35. The average Bonchev–Trinajstić information content (AvgIpc) is 3.21. The summed E-state index contributed by atoms with van der Waals surface area (Å²) in [5.74, 6) is 1.40. The number of fused-ring (bicyclic) bond motifs is 1. The zero-order valence-electron chi connectivity index (χ0n) is 17.2. The summed E-state index contributed by atoms with van der Waals surface area (Å²) < 4.78 is 1.77. The summed E-state index contributed by atoms with van der Waals surface area (Å²) in [6, 6.07) is 17.4. The number of benzene rings is 2. The van der Waals surface area contributed by atoms with Crippen molar-refractivity contribution in [2.75, 3.05) is 16.5 Å². The second-order valence-electron chi connectivity index (χ2n) is 6.79. The molecule has 8 nitrogen and oxygen atoms in total. The molecule has 3 N–H and O–H groups in total. The van der Waals surface area contributed by atoms with Crippen molar-refractivity contribution in [2.24, 2.45) is 0 Å². The van der Waals surface area contributed by atoms with E-state index in [2.05, 4.69) is 38.4 Å². The summed E-state index contributed by atoms with van der Waals surface area (Å²) in [7, 11) is 0. The van der Waals surface area contributed by atoms with Crippen LogP contribution in [0, 0.1) is 0 Å². The molecule has 0 radical (unpaired) electrons. The van der Waals surface area contributed by atoms with Gasteiger partial charge in [0, 0.05) is 5.75 Å². The molecule has 32 heavy (non-hydrogen) atoms. The lowest BCUT2D eigenvalue weighted by Gasteiger charge is -2.13. The number of hydrogen-bond acceptors (Lipinski definition) is 7. The lowest BCUT2D eigenvalue weighted by Crippen LogP contribution is -2.34. The largest absolute Gasteiger partial charge is 0.330 e. The third kappa shape index (κ3) is 5.45. The fourth-order valence-electron chi connectivity index (χ4n) is 2.88. The number of hydrazine groups is 1. The molecule has 4 aromatic rings. The number of nitrogens with zero attached hydrogens (tertiary/aromatic N) is 5. The van der Waals surface area contributed by atoms with Crippen molar-refractivity contribution in [3.63, 3.8) is 0 Å². The Bertz CT molecular complexity index is 1220. The first kappa shape index (κ1) is 22.3. The maximum absolute atomic E-state index is 6.19. The van der Waals surface area contributed by atoms with Crippen LogP contribution in [0.4, 0.5) is 11.5 Å². The van der Waals surface area contributed by atoms with Gasteiger partial charge in [-0.2, -0.15) is 0 Å². The quantitative estimate of drug-likeness (QED) is 0.142. The number of aromatic nitrogens is 5. The average molecular weight is 485 g/mol. The molecule has 0 bridgehead atoms. The monoisotopic (exact) mass is 484 g/mol. The highest BCUT2D eigenvalue weighted by molar-refractivity contribution is 7.99. The molecule has 0 fully saturated rings. The predicted octanol–water partition coefficient (Wildman–Crippen LogP) is 4.74. The van der Waals surface area contributed by atoms with Gasteiger partial charge in [-0.3, -0.25) is 10.9 Å². The molecule has 0 aliphatic rings. The molecule has 0 aliphatic heterocycles. The Hall–Kier alpha value is -2.95. The smallest absolute Gasteiger partial charge is 0.191 e. The van der Waals surface area contributed by atoms with E-state index in [1.165, 1.54) is 0 Å². The van der Waals surface area contributed by atoms with Gasteiger partial charge in [-0.05, 0) is 36.3 Å². The summed E-state index contributed by atoms with van der Waals surface area (Å²) in [6.07, 6.45) is 1.01. The van der Waals surface area contributed by atoms with Crippen LogP contribution in [-0.2, 0) is 6.54 Å². The second-order valence-corrected chi connectivity index (χ2v) is 8.67. The summed E-state index contributed by atoms with van der Waals surface area (Å²) in [5, 5.41) is 13.2. The third-order valence-corrected chi connectivity index (χ3v) is 5.96. The number of thioether (sulfide) groups is 1. The number of rotatable bonds is 8. The normalized spacial score (nSPS) is 10.8. The molecule has 0 saturated heterocycles. The van der Waals surface area contributed by atoms with Crippen LogP contribution in [0.2, 0.25) is 5.02 Å². The van der Waals surface area contributed by atoms with E-state index in [4.69, 9.17) is 28.8 Å². The Morgan fingerprint density at radius 3 is 2.66 bits per heavy atom. The van der Waals surface area contributed by atoms with Gasteiger partial charge in [-0.15, -0.1) is 5.10 Å². The minimum absolute atomic E-state index is 0.337. The number of halogens is 1. The zero-order chi connectivity index (χ0) is 22.3. The van der Waals surface area contributed by atoms with Crippen molar-refractivity contribution in [1.29, 1.82) is 0 Å².